The van der Waals surface area contributed by atoms with E-state index in [1.165, 1.54) is 0 Å². The molecule has 0 atom stereocenters. The van der Waals surface area contributed by atoms with Gasteiger partial charge in [0.15, 0.2) is 5.13 Å². The van der Waals surface area contributed by atoms with Crippen molar-refractivity contribution in [3.05, 3.63) is 58.4 Å². The number of aromatic nitrogens is 1. The predicted octanol–water partition coefficient (Wildman–Crippen LogP) is 3.39. The van der Waals surface area contributed by atoms with E-state index in [1.807, 2.05) is 24.3 Å². The van der Waals surface area contributed by atoms with E-state index >= 15 is 0 Å². The molecule has 1 amide bonds. The monoisotopic (exact) mass is 530 g/mol. The zero-order chi connectivity index (χ0) is 24.4. The minimum atomic E-state index is -0.626. The van der Waals surface area contributed by atoms with Gasteiger partial charge in [-0.05, 0) is 24.3 Å². The maximum Gasteiger partial charge on any atom is 0.349 e. The van der Waals surface area contributed by atoms with Crippen molar-refractivity contribution in [1.29, 1.82) is 0 Å². The Bertz CT molecular complexity index is 1390. The molecular weight excluding hydrogens is 504 g/mol. The lowest BCUT2D eigenvalue weighted by molar-refractivity contribution is 0.0944. The van der Waals surface area contributed by atoms with Gasteiger partial charge >= 0.3 is 5.63 Å². The number of benzene rings is 2. The fourth-order valence-electron chi connectivity index (χ4n) is 4.22. The number of para-hydroxylation sites is 1. The molecule has 0 bridgehead atoms. The molecule has 11 heteroatoms. The van der Waals surface area contributed by atoms with E-state index in [0.29, 0.717) is 18.7 Å². The summed E-state index contributed by atoms with van der Waals surface area (Å²) in [5, 5.41) is 4.51. The number of hydrogen-bond acceptors (Lipinski definition) is 9. The molecule has 190 valence electrons. The van der Waals surface area contributed by atoms with Crippen molar-refractivity contribution in [2.45, 2.75) is 0 Å². The van der Waals surface area contributed by atoms with Gasteiger partial charge in [-0.1, -0.05) is 29.5 Å². The summed E-state index contributed by atoms with van der Waals surface area (Å²) >= 11 is 1.60. The highest BCUT2D eigenvalue weighted by molar-refractivity contribution is 7.22. The van der Waals surface area contributed by atoms with Crippen LogP contribution in [0.1, 0.15) is 10.4 Å². The van der Waals surface area contributed by atoms with Crippen LogP contribution in [0.4, 0.5) is 5.13 Å². The fraction of sp³-hybridized carbons (Fsp3) is 0.320. The van der Waals surface area contributed by atoms with E-state index in [1.54, 1.807) is 43.8 Å². The van der Waals surface area contributed by atoms with Crippen LogP contribution in [-0.2, 0) is 0 Å². The number of carbonyl (C=O) groups is 1. The molecule has 0 saturated carbocycles. The predicted molar refractivity (Wildman–Crippen MR) is 143 cm³/mol. The van der Waals surface area contributed by atoms with Gasteiger partial charge in [0.2, 0.25) is 0 Å². The Balaban J connectivity index is 0.00000304. The number of methoxy groups -OCH3 is 2. The number of thiazole rings is 1. The molecule has 1 aliphatic heterocycles. The molecule has 4 aromatic rings. The highest BCUT2D eigenvalue weighted by Crippen LogP contribution is 2.40. The van der Waals surface area contributed by atoms with Crippen LogP contribution in [0.2, 0.25) is 0 Å². The zero-order valence-electron chi connectivity index (χ0n) is 20.0. The number of hydrogen-bond donors (Lipinski definition) is 1. The lowest BCUT2D eigenvalue weighted by atomic mass is 10.2. The highest BCUT2D eigenvalue weighted by atomic mass is 35.5. The summed E-state index contributed by atoms with van der Waals surface area (Å²) in [5.41, 5.74) is 0.682. The number of anilines is 1. The maximum atomic E-state index is 12.6. The Morgan fingerprint density at radius 3 is 2.56 bits per heavy atom. The minimum Gasteiger partial charge on any atom is -0.495 e. The molecule has 2 aromatic heterocycles. The normalized spacial score (nSPS) is 14.0. The maximum absolute atomic E-state index is 12.6. The van der Waals surface area contributed by atoms with E-state index in [9.17, 15) is 9.59 Å². The van der Waals surface area contributed by atoms with Crippen LogP contribution in [0.5, 0.6) is 11.5 Å². The average molecular weight is 531 g/mol. The second kappa shape index (κ2) is 11.2. The van der Waals surface area contributed by atoms with Crippen molar-refractivity contribution in [2.24, 2.45) is 0 Å². The van der Waals surface area contributed by atoms with Crippen LogP contribution < -0.4 is 25.3 Å². The number of fused-ring (bicyclic) bond motifs is 2. The first-order valence-corrected chi connectivity index (χ1v) is 12.2. The topological polar surface area (TPSA) is 97.1 Å². The third kappa shape index (κ3) is 5.11. The summed E-state index contributed by atoms with van der Waals surface area (Å²) in [6, 6.07) is 12.5. The van der Waals surface area contributed by atoms with E-state index < -0.39 is 11.5 Å². The first-order chi connectivity index (χ1) is 17.1. The van der Waals surface area contributed by atoms with Crippen LogP contribution >= 0.6 is 23.7 Å². The first kappa shape index (κ1) is 25.7. The molecule has 1 N–H and O–H groups in total. The lowest BCUT2D eigenvalue weighted by Crippen LogP contribution is -2.48. The summed E-state index contributed by atoms with van der Waals surface area (Å²) in [6.45, 7) is 4.48. The third-order valence-corrected chi connectivity index (χ3v) is 7.27. The number of amides is 1. The van der Waals surface area contributed by atoms with Crippen molar-refractivity contribution in [2.75, 3.05) is 58.4 Å². The van der Waals surface area contributed by atoms with E-state index in [-0.39, 0.29) is 18.0 Å². The molecule has 0 unspecified atom stereocenters. The lowest BCUT2D eigenvalue weighted by Gasteiger charge is -2.34. The quantitative estimate of drug-likeness (QED) is 0.363. The Morgan fingerprint density at radius 1 is 1.08 bits per heavy atom. The van der Waals surface area contributed by atoms with Crippen molar-refractivity contribution in [1.82, 2.24) is 15.2 Å². The second-order valence-electron chi connectivity index (χ2n) is 8.21. The third-order valence-electron chi connectivity index (χ3n) is 6.14. The van der Waals surface area contributed by atoms with Crippen molar-refractivity contribution >= 4 is 56.0 Å². The number of nitrogens with one attached hydrogen (secondary N) is 1. The molecule has 9 nitrogen and oxygen atoms in total. The standard InChI is InChI=1S/C25H26N4O5S.ClH/c1-32-19-7-8-20(33-2)22-21(19)27-25(35-22)29-13-11-28(12-14-29)10-9-26-23(30)17-15-16-5-3-4-6-18(16)34-24(17)31;/h3-8,15H,9-14H2,1-2H3,(H,26,30);1H. The number of ether oxygens (including phenoxy) is 2. The first-order valence-electron chi connectivity index (χ1n) is 11.4. The zero-order valence-corrected chi connectivity index (χ0v) is 21.6. The molecule has 2 aromatic carbocycles. The van der Waals surface area contributed by atoms with E-state index in [4.69, 9.17) is 18.9 Å². The van der Waals surface area contributed by atoms with Gasteiger partial charge in [0.25, 0.3) is 5.91 Å². The number of rotatable bonds is 7. The van der Waals surface area contributed by atoms with E-state index in [2.05, 4.69) is 15.1 Å². The minimum absolute atomic E-state index is 0. The fourth-order valence-corrected chi connectivity index (χ4v) is 5.34. The molecule has 5 rings (SSSR count). The molecule has 0 aliphatic carbocycles. The number of piperazine rings is 1. The molecule has 3 heterocycles. The van der Waals surface area contributed by atoms with Gasteiger partial charge in [-0.3, -0.25) is 9.69 Å². The molecular formula is C25H27ClN4O5S. The number of nitrogens with zero attached hydrogens (tertiary/aromatic N) is 3. The summed E-state index contributed by atoms with van der Waals surface area (Å²) in [4.78, 5) is 34.1. The summed E-state index contributed by atoms with van der Waals surface area (Å²) in [6.07, 6.45) is 0. The van der Waals surface area contributed by atoms with Crippen LogP contribution in [0.15, 0.2) is 51.7 Å². The van der Waals surface area contributed by atoms with Gasteiger partial charge in [-0.15, -0.1) is 12.4 Å². The second-order valence-corrected chi connectivity index (χ2v) is 9.19. The van der Waals surface area contributed by atoms with Gasteiger partial charge in [0.05, 0.1) is 14.2 Å². The summed E-state index contributed by atoms with van der Waals surface area (Å²) in [5.74, 6) is 1.11. The van der Waals surface area contributed by atoms with Gasteiger partial charge in [0, 0.05) is 44.7 Å². The van der Waals surface area contributed by atoms with Gasteiger partial charge < -0.3 is 24.1 Å². The smallest absolute Gasteiger partial charge is 0.349 e. The number of carbonyl (C=O) groups excluding carboxylic acids is 1. The Morgan fingerprint density at radius 2 is 1.81 bits per heavy atom. The van der Waals surface area contributed by atoms with Crippen molar-refractivity contribution in [3.63, 3.8) is 0 Å². The molecule has 1 aliphatic rings. The Hall–Kier alpha value is -3.34. The highest BCUT2D eigenvalue weighted by Gasteiger charge is 2.22. The van der Waals surface area contributed by atoms with Gasteiger partial charge in [-0.25, -0.2) is 9.78 Å². The molecule has 1 saturated heterocycles. The Labute approximate surface area is 218 Å². The summed E-state index contributed by atoms with van der Waals surface area (Å²) < 4.78 is 17.2. The Kier molecular flexibility index (Phi) is 7.97. The van der Waals surface area contributed by atoms with Crippen molar-refractivity contribution < 1.29 is 18.7 Å². The van der Waals surface area contributed by atoms with Crippen LogP contribution in [-0.4, -0.2) is 69.3 Å². The SMILES string of the molecule is COc1ccc(OC)c2sc(N3CCN(CCNC(=O)c4cc5ccccc5oc4=O)CC3)nc12.Cl. The van der Waals surface area contributed by atoms with Crippen LogP contribution in [0.25, 0.3) is 21.2 Å². The van der Waals surface area contributed by atoms with Crippen molar-refractivity contribution in [3.8, 4) is 11.5 Å². The van der Waals surface area contributed by atoms with Crippen LogP contribution in [0.3, 0.4) is 0 Å². The number of halogens is 1. The van der Waals surface area contributed by atoms with Crippen LogP contribution in [0, 0.1) is 0 Å². The molecule has 0 radical (unpaired) electrons. The molecule has 36 heavy (non-hydrogen) atoms. The largest absolute Gasteiger partial charge is 0.495 e. The summed E-state index contributed by atoms with van der Waals surface area (Å²) in [7, 11) is 3.30. The molecule has 0 spiro atoms. The van der Waals surface area contributed by atoms with Gasteiger partial charge in [-0.2, -0.15) is 0 Å². The van der Waals surface area contributed by atoms with Gasteiger partial charge in [0.1, 0.15) is 32.9 Å². The van der Waals surface area contributed by atoms with E-state index in [0.717, 1.165) is 58.4 Å². The molecule has 1 fully saturated rings. The average Bonchev–Trinajstić information content (AvgIpc) is 3.33.